The molecule has 4 rings (SSSR count). The number of nitrogens with zero attached hydrogens (tertiary/aromatic N) is 3. The third-order valence-electron chi connectivity index (χ3n) is 4.75. The number of benzene rings is 2. The molecule has 142 valence electrons. The van der Waals surface area contributed by atoms with Crippen LogP contribution in [-0.2, 0) is 13.6 Å². The number of ether oxygens (including phenoxy) is 1. The van der Waals surface area contributed by atoms with Gasteiger partial charge in [0.15, 0.2) is 0 Å². The molecule has 1 aliphatic heterocycles. The number of hydrogen-bond donors (Lipinski definition) is 0. The van der Waals surface area contributed by atoms with Gasteiger partial charge in [0, 0.05) is 31.6 Å². The van der Waals surface area contributed by atoms with E-state index in [2.05, 4.69) is 16.1 Å². The number of rotatable bonds is 5. The van der Waals surface area contributed by atoms with E-state index in [1.807, 2.05) is 69.0 Å². The van der Waals surface area contributed by atoms with Gasteiger partial charge < -0.3 is 9.64 Å². The molecule has 5 heteroatoms. The monoisotopic (exact) mass is 375 g/mol. The van der Waals surface area contributed by atoms with Gasteiger partial charge in [-0.3, -0.25) is 4.68 Å². The van der Waals surface area contributed by atoms with Crippen molar-refractivity contribution in [3.05, 3.63) is 108 Å². The van der Waals surface area contributed by atoms with Crippen LogP contribution < -0.4 is 4.74 Å². The lowest BCUT2D eigenvalue weighted by Gasteiger charge is -2.31. The Morgan fingerprint density at radius 1 is 1.14 bits per heavy atom. The second-order valence-electron chi connectivity index (χ2n) is 6.95. The average Bonchev–Trinajstić information content (AvgIpc) is 3.11. The summed E-state index contributed by atoms with van der Waals surface area (Å²) in [6, 6.07) is 14.6. The summed E-state index contributed by atoms with van der Waals surface area (Å²) in [6.45, 7) is 2.61. The largest absolute Gasteiger partial charge is 0.457 e. The molecule has 4 nitrogen and oxygen atoms in total. The summed E-state index contributed by atoms with van der Waals surface area (Å²) in [5.74, 6) is 1.39. The summed E-state index contributed by atoms with van der Waals surface area (Å²) in [5, 5.41) is 4.31. The lowest BCUT2D eigenvalue weighted by molar-refractivity contribution is 0.297. The van der Waals surface area contributed by atoms with E-state index in [0.717, 1.165) is 28.2 Å². The Balaban J connectivity index is 1.62. The minimum absolute atomic E-state index is 0.0546. The first-order valence-corrected chi connectivity index (χ1v) is 9.21. The molecule has 1 atom stereocenters. The van der Waals surface area contributed by atoms with Gasteiger partial charge in [0.05, 0.1) is 12.2 Å². The zero-order valence-corrected chi connectivity index (χ0v) is 15.9. The fraction of sp³-hybridized carbons (Fsp3) is 0.174. The summed E-state index contributed by atoms with van der Waals surface area (Å²) in [4.78, 5) is 2.15. The standard InChI is InChI=1S/C23H22FN3O/c1-17-6-3-4-9-23(17)28-21-10-11-27(15-18-7-5-8-20(24)12-18)22(13-21)19-14-25-26(2)16-19/h3-14,16,22H,15H2,1-2H3. The van der Waals surface area contributed by atoms with Crippen LogP contribution in [0.2, 0.25) is 0 Å². The molecule has 0 fully saturated rings. The van der Waals surface area contributed by atoms with Gasteiger partial charge in [0.2, 0.25) is 0 Å². The smallest absolute Gasteiger partial charge is 0.130 e. The van der Waals surface area contributed by atoms with Gasteiger partial charge in [-0.2, -0.15) is 5.10 Å². The van der Waals surface area contributed by atoms with Gasteiger partial charge in [-0.25, -0.2) is 4.39 Å². The first-order valence-electron chi connectivity index (χ1n) is 9.21. The van der Waals surface area contributed by atoms with Crippen LogP contribution in [0.4, 0.5) is 4.39 Å². The maximum atomic E-state index is 13.6. The second-order valence-corrected chi connectivity index (χ2v) is 6.95. The topological polar surface area (TPSA) is 30.3 Å². The molecule has 0 spiro atoms. The Kier molecular flexibility index (Phi) is 4.98. The highest BCUT2D eigenvalue weighted by Gasteiger charge is 2.22. The van der Waals surface area contributed by atoms with Crippen molar-refractivity contribution in [2.75, 3.05) is 0 Å². The number of aromatic nitrogens is 2. The van der Waals surface area contributed by atoms with Crippen LogP contribution in [0.3, 0.4) is 0 Å². The number of allylic oxidation sites excluding steroid dienone is 1. The van der Waals surface area contributed by atoms with E-state index in [0.29, 0.717) is 6.54 Å². The van der Waals surface area contributed by atoms with Crippen LogP contribution >= 0.6 is 0 Å². The molecule has 1 aliphatic rings. The van der Waals surface area contributed by atoms with Crippen molar-refractivity contribution in [1.82, 2.24) is 14.7 Å². The fourth-order valence-corrected chi connectivity index (χ4v) is 3.31. The molecule has 2 heterocycles. The Morgan fingerprint density at radius 2 is 2.00 bits per heavy atom. The van der Waals surface area contributed by atoms with Crippen LogP contribution in [0, 0.1) is 12.7 Å². The van der Waals surface area contributed by atoms with Crippen molar-refractivity contribution in [3.63, 3.8) is 0 Å². The van der Waals surface area contributed by atoms with Gasteiger partial charge >= 0.3 is 0 Å². The summed E-state index contributed by atoms with van der Waals surface area (Å²) in [5.41, 5.74) is 3.04. The first-order chi connectivity index (χ1) is 13.6. The van der Waals surface area contributed by atoms with Gasteiger partial charge in [-0.15, -0.1) is 0 Å². The van der Waals surface area contributed by atoms with E-state index in [9.17, 15) is 4.39 Å². The van der Waals surface area contributed by atoms with Crippen molar-refractivity contribution in [1.29, 1.82) is 0 Å². The van der Waals surface area contributed by atoms with Gasteiger partial charge in [-0.05, 0) is 48.4 Å². The molecule has 0 amide bonds. The molecule has 0 saturated heterocycles. The van der Waals surface area contributed by atoms with Gasteiger partial charge in [0.25, 0.3) is 0 Å². The summed E-state index contributed by atoms with van der Waals surface area (Å²) < 4.78 is 21.5. The Bertz CT molecular complexity index is 1040. The molecule has 1 aromatic heterocycles. The van der Waals surface area contributed by atoms with E-state index in [4.69, 9.17) is 4.74 Å². The minimum Gasteiger partial charge on any atom is -0.457 e. The molecule has 0 aliphatic carbocycles. The number of aryl methyl sites for hydroxylation is 2. The Labute approximate surface area is 164 Å². The van der Waals surface area contributed by atoms with E-state index in [1.54, 1.807) is 16.8 Å². The van der Waals surface area contributed by atoms with Gasteiger partial charge in [0.1, 0.15) is 17.3 Å². The van der Waals surface area contributed by atoms with Crippen molar-refractivity contribution in [2.45, 2.75) is 19.5 Å². The first kappa shape index (κ1) is 18.0. The summed E-state index contributed by atoms with van der Waals surface area (Å²) >= 11 is 0. The zero-order valence-electron chi connectivity index (χ0n) is 15.9. The third kappa shape index (κ3) is 3.98. The number of para-hydroxylation sites is 1. The fourth-order valence-electron chi connectivity index (χ4n) is 3.31. The molecular formula is C23H22FN3O. The van der Waals surface area contributed by atoms with Crippen molar-refractivity contribution in [3.8, 4) is 5.75 Å². The van der Waals surface area contributed by atoms with E-state index in [1.165, 1.54) is 6.07 Å². The summed E-state index contributed by atoms with van der Waals surface area (Å²) in [6.07, 6.45) is 9.85. The van der Waals surface area contributed by atoms with Crippen molar-refractivity contribution in [2.24, 2.45) is 7.05 Å². The Hall–Kier alpha value is -3.34. The van der Waals surface area contributed by atoms with E-state index >= 15 is 0 Å². The molecular weight excluding hydrogens is 353 g/mol. The van der Waals surface area contributed by atoms with Crippen LogP contribution in [0.25, 0.3) is 0 Å². The van der Waals surface area contributed by atoms with Crippen LogP contribution in [0.5, 0.6) is 5.75 Å². The van der Waals surface area contributed by atoms with E-state index < -0.39 is 0 Å². The second kappa shape index (κ2) is 7.72. The molecule has 0 N–H and O–H groups in total. The van der Waals surface area contributed by atoms with E-state index in [-0.39, 0.29) is 11.9 Å². The molecule has 3 aromatic rings. The van der Waals surface area contributed by atoms with Crippen LogP contribution in [0.15, 0.2) is 85.0 Å². The molecule has 0 bridgehead atoms. The van der Waals surface area contributed by atoms with Crippen LogP contribution in [0.1, 0.15) is 22.7 Å². The number of halogens is 1. The van der Waals surface area contributed by atoms with Crippen molar-refractivity contribution < 1.29 is 9.13 Å². The number of hydrogen-bond acceptors (Lipinski definition) is 3. The lowest BCUT2D eigenvalue weighted by Crippen LogP contribution is -2.25. The highest BCUT2D eigenvalue weighted by molar-refractivity contribution is 5.37. The molecule has 0 saturated carbocycles. The molecule has 1 unspecified atom stereocenters. The van der Waals surface area contributed by atoms with Crippen LogP contribution in [-0.4, -0.2) is 14.7 Å². The van der Waals surface area contributed by atoms with Crippen molar-refractivity contribution >= 4 is 0 Å². The highest BCUT2D eigenvalue weighted by atomic mass is 19.1. The zero-order chi connectivity index (χ0) is 19.5. The highest BCUT2D eigenvalue weighted by Crippen LogP contribution is 2.31. The normalized spacial score (nSPS) is 16.2. The predicted octanol–water partition coefficient (Wildman–Crippen LogP) is 4.90. The predicted molar refractivity (Wildman–Crippen MR) is 107 cm³/mol. The lowest BCUT2D eigenvalue weighted by atomic mass is 10.0. The Morgan fingerprint density at radius 3 is 2.75 bits per heavy atom. The minimum atomic E-state index is -0.226. The maximum Gasteiger partial charge on any atom is 0.130 e. The summed E-state index contributed by atoms with van der Waals surface area (Å²) in [7, 11) is 1.90. The quantitative estimate of drug-likeness (QED) is 0.635. The molecule has 28 heavy (non-hydrogen) atoms. The van der Waals surface area contributed by atoms with Gasteiger partial charge in [-0.1, -0.05) is 30.3 Å². The molecule has 2 aromatic carbocycles. The molecule has 0 radical (unpaired) electrons. The third-order valence-corrected chi connectivity index (χ3v) is 4.75. The average molecular weight is 375 g/mol. The maximum absolute atomic E-state index is 13.6. The SMILES string of the molecule is Cc1ccccc1OC1=CC(c2cnn(C)c2)N(Cc2cccc(F)c2)C=C1.